The third-order valence-corrected chi connectivity index (χ3v) is 4.14. The van der Waals surface area contributed by atoms with Crippen LogP contribution in [0, 0.1) is 0 Å². The zero-order chi connectivity index (χ0) is 14.1. The summed E-state index contributed by atoms with van der Waals surface area (Å²) in [5.41, 5.74) is 5.45. The Labute approximate surface area is 125 Å². The molecule has 2 aliphatic heterocycles. The van der Waals surface area contributed by atoms with Crippen LogP contribution in [0.15, 0.2) is 40.3 Å². The predicted octanol–water partition coefficient (Wildman–Crippen LogP) is 3.91. The number of rotatable bonds is 3. The van der Waals surface area contributed by atoms with E-state index in [1.807, 2.05) is 6.21 Å². The molecular weight excluding hydrogens is 258 g/mol. The SMILES string of the molecule is C1=CC(c2cc(C3CC3)cc(C3=CCCC=N3)n2)=NCC1. The molecule has 0 atom stereocenters. The summed E-state index contributed by atoms with van der Waals surface area (Å²) in [4.78, 5) is 14.0. The Bertz CT molecular complexity index is 625. The monoisotopic (exact) mass is 277 g/mol. The first-order valence-electron chi connectivity index (χ1n) is 7.86. The Morgan fingerprint density at radius 3 is 2.62 bits per heavy atom. The molecule has 106 valence electrons. The second-order valence-electron chi connectivity index (χ2n) is 5.88. The fraction of sp³-hybridized carbons (Fsp3) is 0.389. The lowest BCUT2D eigenvalue weighted by molar-refractivity contribution is 0.988. The number of aliphatic imine (C=N–C) groups is 2. The molecule has 3 nitrogen and oxygen atoms in total. The first kappa shape index (κ1) is 12.7. The molecule has 1 aromatic heterocycles. The van der Waals surface area contributed by atoms with Crippen molar-refractivity contribution in [2.45, 2.75) is 38.0 Å². The number of dihydropyridines is 1. The van der Waals surface area contributed by atoms with Gasteiger partial charge in [0.1, 0.15) is 0 Å². The maximum Gasteiger partial charge on any atom is 0.0893 e. The number of aromatic nitrogens is 1. The standard InChI is InChI=1S/C18H19N3/c1-3-9-19-15(5-1)17-11-14(13-7-8-13)12-18(21-17)16-6-2-4-10-20-16/h1,5-6,10-13H,2-4,7-9H2. The highest BCUT2D eigenvalue weighted by Gasteiger charge is 2.25. The van der Waals surface area contributed by atoms with E-state index >= 15 is 0 Å². The van der Waals surface area contributed by atoms with E-state index in [0.29, 0.717) is 5.92 Å². The van der Waals surface area contributed by atoms with Gasteiger partial charge in [-0.2, -0.15) is 0 Å². The van der Waals surface area contributed by atoms with Crippen molar-refractivity contribution in [2.24, 2.45) is 9.98 Å². The molecule has 1 aliphatic carbocycles. The van der Waals surface area contributed by atoms with Gasteiger partial charge in [0.05, 0.1) is 22.8 Å². The lowest BCUT2D eigenvalue weighted by atomic mass is 10.0. The molecule has 21 heavy (non-hydrogen) atoms. The van der Waals surface area contributed by atoms with Crippen molar-refractivity contribution in [3.05, 3.63) is 47.3 Å². The van der Waals surface area contributed by atoms with E-state index in [0.717, 1.165) is 48.6 Å². The molecule has 1 fully saturated rings. The first-order chi connectivity index (χ1) is 10.4. The zero-order valence-electron chi connectivity index (χ0n) is 12.1. The predicted molar refractivity (Wildman–Crippen MR) is 87.1 cm³/mol. The van der Waals surface area contributed by atoms with Crippen molar-refractivity contribution in [3.8, 4) is 0 Å². The highest BCUT2D eigenvalue weighted by atomic mass is 14.8. The van der Waals surface area contributed by atoms with Crippen LogP contribution >= 0.6 is 0 Å². The summed E-state index contributed by atoms with van der Waals surface area (Å²) in [6, 6.07) is 4.45. The summed E-state index contributed by atoms with van der Waals surface area (Å²) in [5, 5.41) is 0. The molecule has 1 saturated carbocycles. The molecule has 1 aromatic rings. The van der Waals surface area contributed by atoms with Gasteiger partial charge in [-0.1, -0.05) is 12.2 Å². The summed E-state index contributed by atoms with van der Waals surface area (Å²) in [5.74, 6) is 0.715. The van der Waals surface area contributed by atoms with E-state index < -0.39 is 0 Å². The average molecular weight is 277 g/mol. The van der Waals surface area contributed by atoms with Crippen molar-refractivity contribution in [1.29, 1.82) is 0 Å². The highest BCUT2D eigenvalue weighted by molar-refractivity contribution is 6.08. The van der Waals surface area contributed by atoms with Crippen molar-refractivity contribution in [3.63, 3.8) is 0 Å². The molecule has 0 unspecified atom stereocenters. The molecule has 0 saturated heterocycles. The summed E-state index contributed by atoms with van der Waals surface area (Å²) in [6.45, 7) is 0.872. The van der Waals surface area contributed by atoms with Crippen LogP contribution in [0.1, 0.15) is 55.0 Å². The molecule has 3 heteroatoms. The minimum absolute atomic E-state index is 0.715. The van der Waals surface area contributed by atoms with Crippen LogP contribution < -0.4 is 0 Å². The van der Waals surface area contributed by atoms with Gasteiger partial charge in [-0.25, -0.2) is 4.98 Å². The Hall–Kier alpha value is -2.03. The maximum absolute atomic E-state index is 4.83. The lowest BCUT2D eigenvalue weighted by Crippen LogP contribution is -2.08. The van der Waals surface area contributed by atoms with Gasteiger partial charge >= 0.3 is 0 Å². The van der Waals surface area contributed by atoms with Gasteiger partial charge in [0, 0.05) is 12.8 Å². The minimum Gasteiger partial charge on any atom is -0.283 e. The van der Waals surface area contributed by atoms with Crippen LogP contribution in [-0.2, 0) is 0 Å². The third-order valence-electron chi connectivity index (χ3n) is 4.14. The second-order valence-corrected chi connectivity index (χ2v) is 5.88. The Morgan fingerprint density at radius 2 is 1.90 bits per heavy atom. The Kier molecular flexibility index (Phi) is 3.26. The summed E-state index contributed by atoms with van der Waals surface area (Å²) in [7, 11) is 0. The van der Waals surface area contributed by atoms with Gasteiger partial charge in [-0.05, 0) is 61.8 Å². The molecule has 0 aromatic carbocycles. The molecule has 0 N–H and O–H groups in total. The number of pyridine rings is 1. The number of allylic oxidation sites excluding steroid dienone is 2. The highest BCUT2D eigenvalue weighted by Crippen LogP contribution is 2.41. The maximum atomic E-state index is 4.83. The third kappa shape index (κ3) is 2.73. The molecule has 4 rings (SSSR count). The zero-order valence-corrected chi connectivity index (χ0v) is 12.1. The lowest BCUT2D eigenvalue weighted by Gasteiger charge is -2.12. The number of hydrogen-bond acceptors (Lipinski definition) is 3. The van der Waals surface area contributed by atoms with Gasteiger partial charge in [-0.15, -0.1) is 0 Å². The van der Waals surface area contributed by atoms with E-state index in [1.165, 1.54) is 18.4 Å². The quantitative estimate of drug-likeness (QED) is 0.825. The van der Waals surface area contributed by atoms with Crippen molar-refractivity contribution < 1.29 is 0 Å². The van der Waals surface area contributed by atoms with Crippen molar-refractivity contribution >= 4 is 17.6 Å². The van der Waals surface area contributed by atoms with Gasteiger partial charge in [0.2, 0.25) is 0 Å². The van der Waals surface area contributed by atoms with Crippen LogP contribution in [0.25, 0.3) is 5.70 Å². The van der Waals surface area contributed by atoms with Crippen molar-refractivity contribution in [2.75, 3.05) is 6.54 Å². The largest absolute Gasteiger partial charge is 0.283 e. The Morgan fingerprint density at radius 1 is 1.00 bits per heavy atom. The van der Waals surface area contributed by atoms with Crippen LogP contribution in [0.5, 0.6) is 0 Å². The van der Waals surface area contributed by atoms with E-state index in [9.17, 15) is 0 Å². The summed E-state index contributed by atoms with van der Waals surface area (Å²) < 4.78 is 0. The van der Waals surface area contributed by atoms with Gasteiger partial charge in [0.25, 0.3) is 0 Å². The molecule has 3 aliphatic rings. The fourth-order valence-corrected chi connectivity index (χ4v) is 2.82. The smallest absolute Gasteiger partial charge is 0.0893 e. The van der Waals surface area contributed by atoms with Crippen LogP contribution in [0.2, 0.25) is 0 Å². The second kappa shape index (κ2) is 5.40. The van der Waals surface area contributed by atoms with E-state index in [-0.39, 0.29) is 0 Å². The van der Waals surface area contributed by atoms with Gasteiger partial charge < -0.3 is 0 Å². The summed E-state index contributed by atoms with van der Waals surface area (Å²) in [6.07, 6.45) is 14.2. The molecule has 0 spiro atoms. The van der Waals surface area contributed by atoms with Gasteiger partial charge in [0.15, 0.2) is 0 Å². The minimum atomic E-state index is 0.715. The normalized spacial score (nSPS) is 21.1. The van der Waals surface area contributed by atoms with E-state index in [1.54, 1.807) is 0 Å². The number of hydrogen-bond donors (Lipinski definition) is 0. The first-order valence-corrected chi connectivity index (χ1v) is 7.86. The molecule has 0 amide bonds. The van der Waals surface area contributed by atoms with Crippen LogP contribution in [0.3, 0.4) is 0 Å². The van der Waals surface area contributed by atoms with Crippen LogP contribution in [0.4, 0.5) is 0 Å². The number of nitrogens with zero attached hydrogens (tertiary/aromatic N) is 3. The molecule has 0 radical (unpaired) electrons. The molecule has 3 heterocycles. The molecule has 0 bridgehead atoms. The Balaban J connectivity index is 1.77. The fourth-order valence-electron chi connectivity index (χ4n) is 2.82. The van der Waals surface area contributed by atoms with Crippen molar-refractivity contribution in [1.82, 2.24) is 4.98 Å². The van der Waals surface area contributed by atoms with Gasteiger partial charge in [-0.3, -0.25) is 9.98 Å². The van der Waals surface area contributed by atoms with E-state index in [2.05, 4.69) is 40.3 Å². The average Bonchev–Trinajstić information content (AvgIpc) is 3.41. The van der Waals surface area contributed by atoms with E-state index in [4.69, 9.17) is 4.98 Å². The van der Waals surface area contributed by atoms with Crippen LogP contribution in [-0.4, -0.2) is 23.5 Å². The topological polar surface area (TPSA) is 37.6 Å². The molecular formula is C18H19N3. The summed E-state index contributed by atoms with van der Waals surface area (Å²) >= 11 is 0.